The quantitative estimate of drug-likeness (QED) is 0.0401. The van der Waals surface area contributed by atoms with Crippen molar-refractivity contribution in [2.75, 3.05) is 13.2 Å². The molecule has 0 unspecified atom stereocenters. The molecular weight excluding hydrogens is 600 g/mol. The lowest BCUT2D eigenvalue weighted by Gasteiger charge is -2.15. The Kier molecular flexibility index (Phi) is 34.5. The Balaban J connectivity index is 3.67. The number of aliphatic hydroxyl groups is 2. The van der Waals surface area contributed by atoms with Gasteiger partial charge in [0.05, 0.1) is 12.7 Å². The molecule has 48 heavy (non-hydrogen) atoms. The lowest BCUT2D eigenvalue weighted by Crippen LogP contribution is -2.28. The van der Waals surface area contributed by atoms with Crippen LogP contribution < -0.4 is 0 Å². The lowest BCUT2D eigenvalue weighted by atomic mass is 10.0. The molecule has 2 atom stereocenters. The van der Waals surface area contributed by atoms with Gasteiger partial charge in [0, 0.05) is 12.8 Å². The summed E-state index contributed by atoms with van der Waals surface area (Å²) in [6, 6.07) is 0. The van der Waals surface area contributed by atoms with Crippen molar-refractivity contribution in [2.45, 2.75) is 187 Å². The third kappa shape index (κ3) is 35.1. The van der Waals surface area contributed by atoms with Crippen LogP contribution in [0.25, 0.3) is 0 Å². The fraction of sp³-hybridized carbons (Fsp3) is 0.762. The van der Waals surface area contributed by atoms with Gasteiger partial charge in [-0.25, -0.2) is 0 Å². The molecule has 0 aliphatic carbocycles. The molecule has 0 amide bonds. The topological polar surface area (TPSA) is 93.1 Å². The van der Waals surface area contributed by atoms with E-state index in [0.29, 0.717) is 19.3 Å². The van der Waals surface area contributed by atoms with Crippen molar-refractivity contribution >= 4 is 11.9 Å². The fourth-order valence-corrected chi connectivity index (χ4v) is 5.30. The zero-order valence-electron chi connectivity index (χ0n) is 31.3. The Morgan fingerprint density at radius 3 is 1.54 bits per heavy atom. The fourth-order valence-electron chi connectivity index (χ4n) is 5.30. The molecule has 278 valence electrons. The van der Waals surface area contributed by atoms with E-state index in [2.05, 4.69) is 62.5 Å². The maximum atomic E-state index is 12.2. The van der Waals surface area contributed by atoms with Crippen LogP contribution >= 0.6 is 0 Å². The third-order valence-electron chi connectivity index (χ3n) is 8.47. The van der Waals surface area contributed by atoms with E-state index in [1.54, 1.807) is 0 Å². The number of unbranched alkanes of at least 4 members (excludes halogenated alkanes) is 13. The first kappa shape index (κ1) is 45.8. The van der Waals surface area contributed by atoms with Crippen LogP contribution in [0.5, 0.6) is 0 Å². The molecule has 6 heteroatoms. The second-order valence-electron chi connectivity index (χ2n) is 13.6. The Bertz CT molecular complexity index is 843. The average Bonchev–Trinajstić information content (AvgIpc) is 3.07. The molecule has 0 aromatic heterocycles. The molecule has 0 aromatic rings. The highest BCUT2D eigenvalue weighted by Crippen LogP contribution is 2.15. The van der Waals surface area contributed by atoms with E-state index in [1.807, 2.05) is 6.92 Å². The van der Waals surface area contributed by atoms with Gasteiger partial charge in [0.2, 0.25) is 0 Å². The summed E-state index contributed by atoms with van der Waals surface area (Å²) in [4.78, 5) is 24.2. The number of allylic oxidation sites excluding steroid dienone is 8. The molecule has 0 radical (unpaired) electrons. The van der Waals surface area contributed by atoms with Crippen LogP contribution in [0, 0.1) is 5.92 Å². The molecule has 0 spiro atoms. The number of hydrogen-bond donors (Lipinski definition) is 2. The summed E-state index contributed by atoms with van der Waals surface area (Å²) in [5.74, 6) is 0.165. The van der Waals surface area contributed by atoms with Gasteiger partial charge < -0.3 is 19.7 Å². The van der Waals surface area contributed by atoms with Gasteiger partial charge in [-0.15, -0.1) is 0 Å². The van der Waals surface area contributed by atoms with Gasteiger partial charge in [-0.2, -0.15) is 0 Å². The minimum atomic E-state index is -0.801. The first-order chi connectivity index (χ1) is 23.4. The number of rotatable bonds is 34. The predicted molar refractivity (Wildman–Crippen MR) is 202 cm³/mol. The molecule has 0 aliphatic rings. The van der Waals surface area contributed by atoms with Crippen LogP contribution in [0.2, 0.25) is 0 Å². The van der Waals surface area contributed by atoms with Crippen LogP contribution in [0.1, 0.15) is 175 Å². The standard InChI is InChI=1S/C42H74O6/c1-4-39(44)33-29-25-21-17-13-9-5-6-10-14-18-22-26-30-34-41(45)47-37-40(36-43)48-42(46)35-31-27-23-19-15-11-7-8-12-16-20-24-28-32-38(2)3/h6,9-10,13,18,21-22,25,38-40,43-44H,4-5,7-8,11-12,14-17,19-20,23-24,26-37H2,1-3H3/b10-6-,13-9-,22-18-,25-21-/t39-,40-/m0/s1. The number of esters is 2. The molecule has 0 aliphatic heterocycles. The normalized spacial score (nSPS) is 13.5. The molecular formula is C42H74O6. The van der Waals surface area contributed by atoms with Crippen molar-refractivity contribution in [1.29, 1.82) is 0 Å². The second-order valence-corrected chi connectivity index (χ2v) is 13.6. The van der Waals surface area contributed by atoms with Gasteiger partial charge in [-0.1, -0.05) is 153 Å². The second kappa shape index (κ2) is 36.1. The zero-order valence-corrected chi connectivity index (χ0v) is 31.3. The van der Waals surface area contributed by atoms with Crippen molar-refractivity contribution < 1.29 is 29.3 Å². The molecule has 0 aromatic carbocycles. The summed E-state index contributed by atoms with van der Waals surface area (Å²) in [5, 5.41) is 19.1. The zero-order chi connectivity index (χ0) is 35.3. The van der Waals surface area contributed by atoms with Crippen molar-refractivity contribution in [2.24, 2.45) is 5.92 Å². The van der Waals surface area contributed by atoms with E-state index >= 15 is 0 Å². The van der Waals surface area contributed by atoms with Crippen LogP contribution in [0.4, 0.5) is 0 Å². The van der Waals surface area contributed by atoms with E-state index < -0.39 is 6.10 Å². The minimum absolute atomic E-state index is 0.104. The third-order valence-corrected chi connectivity index (χ3v) is 8.47. The van der Waals surface area contributed by atoms with Crippen molar-refractivity contribution in [3.8, 4) is 0 Å². The van der Waals surface area contributed by atoms with Crippen molar-refractivity contribution in [3.63, 3.8) is 0 Å². The minimum Gasteiger partial charge on any atom is -0.462 e. The monoisotopic (exact) mass is 675 g/mol. The van der Waals surface area contributed by atoms with E-state index in [4.69, 9.17) is 9.47 Å². The van der Waals surface area contributed by atoms with Gasteiger partial charge in [-0.3, -0.25) is 9.59 Å². The number of carbonyl (C=O) groups is 2. The highest BCUT2D eigenvalue weighted by molar-refractivity contribution is 5.70. The van der Waals surface area contributed by atoms with Crippen molar-refractivity contribution in [1.82, 2.24) is 0 Å². The van der Waals surface area contributed by atoms with Crippen LogP contribution in [-0.4, -0.2) is 47.6 Å². The van der Waals surface area contributed by atoms with E-state index in [0.717, 1.165) is 70.1 Å². The first-order valence-electron chi connectivity index (χ1n) is 19.6. The largest absolute Gasteiger partial charge is 0.462 e. The smallest absolute Gasteiger partial charge is 0.306 e. The van der Waals surface area contributed by atoms with Crippen molar-refractivity contribution in [3.05, 3.63) is 48.6 Å². The number of hydrogen-bond acceptors (Lipinski definition) is 6. The Morgan fingerprint density at radius 2 is 1.04 bits per heavy atom. The molecule has 0 saturated heterocycles. The Hall–Kier alpha value is -2.18. The van der Waals surface area contributed by atoms with Gasteiger partial charge in [0.25, 0.3) is 0 Å². The Morgan fingerprint density at radius 1 is 0.583 bits per heavy atom. The summed E-state index contributed by atoms with van der Waals surface area (Å²) in [6.45, 7) is 6.15. The van der Waals surface area contributed by atoms with Gasteiger partial charge >= 0.3 is 11.9 Å². The number of ether oxygens (including phenoxy) is 2. The summed E-state index contributed by atoms with van der Waals surface area (Å²) >= 11 is 0. The van der Waals surface area contributed by atoms with Crippen LogP contribution in [-0.2, 0) is 19.1 Å². The highest BCUT2D eigenvalue weighted by Gasteiger charge is 2.16. The van der Waals surface area contributed by atoms with Gasteiger partial charge in [0.1, 0.15) is 6.61 Å². The van der Waals surface area contributed by atoms with Gasteiger partial charge in [0.15, 0.2) is 6.10 Å². The first-order valence-corrected chi connectivity index (χ1v) is 19.6. The predicted octanol–water partition coefficient (Wildman–Crippen LogP) is 11.1. The lowest BCUT2D eigenvalue weighted by molar-refractivity contribution is -0.161. The average molecular weight is 675 g/mol. The molecule has 0 heterocycles. The van der Waals surface area contributed by atoms with E-state index in [9.17, 15) is 19.8 Å². The maximum Gasteiger partial charge on any atom is 0.306 e. The molecule has 0 saturated carbocycles. The van der Waals surface area contributed by atoms with E-state index in [1.165, 1.54) is 70.6 Å². The molecule has 0 rings (SSSR count). The maximum absolute atomic E-state index is 12.2. The molecule has 0 fully saturated rings. The number of aliphatic hydroxyl groups excluding tert-OH is 2. The Labute approximate surface area is 295 Å². The molecule has 0 bridgehead atoms. The number of carbonyl (C=O) groups excluding carboxylic acids is 2. The summed E-state index contributed by atoms with van der Waals surface area (Å²) in [7, 11) is 0. The molecule has 6 nitrogen and oxygen atoms in total. The molecule has 2 N–H and O–H groups in total. The highest BCUT2D eigenvalue weighted by atomic mass is 16.6. The van der Waals surface area contributed by atoms with Gasteiger partial charge in [-0.05, 0) is 63.7 Å². The summed E-state index contributed by atoms with van der Waals surface area (Å²) in [5.41, 5.74) is 0. The summed E-state index contributed by atoms with van der Waals surface area (Å²) < 4.78 is 10.5. The van der Waals surface area contributed by atoms with Crippen LogP contribution in [0.15, 0.2) is 48.6 Å². The SMILES string of the molecule is CC[C@H](O)CC/C=C\C/C=C\C/C=C\C/C=C\CCCC(=O)OC[C@H](CO)OC(=O)CCCCCCCCCCCCCCCC(C)C. The van der Waals surface area contributed by atoms with E-state index in [-0.39, 0.29) is 31.3 Å². The van der Waals surface area contributed by atoms with Crippen LogP contribution in [0.3, 0.4) is 0 Å². The summed E-state index contributed by atoms with van der Waals surface area (Å²) in [6.07, 6.45) is 41.2.